The number of carboxylic acid groups (broad SMARTS) is 1. The predicted molar refractivity (Wildman–Crippen MR) is 87.5 cm³/mol. The quantitative estimate of drug-likeness (QED) is 0.832. The van der Waals surface area contributed by atoms with Crippen LogP contribution in [-0.4, -0.2) is 23.3 Å². The van der Waals surface area contributed by atoms with Crippen molar-refractivity contribution in [2.24, 2.45) is 0 Å². The van der Waals surface area contributed by atoms with Crippen LogP contribution in [0.4, 0.5) is 0 Å². The molecule has 0 amide bonds. The first-order chi connectivity index (χ1) is 10.4. The van der Waals surface area contributed by atoms with E-state index >= 15 is 0 Å². The first-order valence-electron chi connectivity index (χ1n) is 7.11. The number of phenolic OH excluding ortho intramolecular Hbond substituents is 1. The summed E-state index contributed by atoms with van der Waals surface area (Å²) in [6.45, 7) is 5.64. The maximum absolute atomic E-state index is 11.1. The Labute approximate surface area is 129 Å². The van der Waals surface area contributed by atoms with Crippen LogP contribution in [0.1, 0.15) is 37.8 Å². The van der Waals surface area contributed by atoms with E-state index in [0.29, 0.717) is 16.7 Å². The number of ether oxygens (including phenoxy) is 1. The minimum atomic E-state index is -0.972. The van der Waals surface area contributed by atoms with E-state index in [1.165, 1.54) is 7.11 Å². The van der Waals surface area contributed by atoms with Gasteiger partial charge in [0.15, 0.2) is 11.5 Å². The minimum absolute atomic E-state index is 0.0897. The zero-order valence-electron chi connectivity index (χ0n) is 13.2. The minimum Gasteiger partial charge on any atom is -0.504 e. The second-order valence-electron chi connectivity index (χ2n) is 5.57. The molecule has 0 bridgehead atoms. The fourth-order valence-corrected chi connectivity index (χ4v) is 2.54. The van der Waals surface area contributed by atoms with Crippen LogP contribution in [0.15, 0.2) is 29.8 Å². The molecule has 2 aromatic rings. The molecule has 2 N–H and O–H groups in total. The highest BCUT2D eigenvalue weighted by Crippen LogP contribution is 2.41. The van der Waals surface area contributed by atoms with Gasteiger partial charge in [-0.15, -0.1) is 0 Å². The summed E-state index contributed by atoms with van der Waals surface area (Å²) in [4.78, 5) is 11.1. The number of fused-ring (bicyclic) bond motifs is 1. The van der Waals surface area contributed by atoms with Gasteiger partial charge in [-0.2, -0.15) is 0 Å². The Kier molecular flexibility index (Phi) is 4.40. The van der Waals surface area contributed by atoms with Crippen LogP contribution >= 0.6 is 0 Å². The number of methoxy groups -OCH3 is 1. The maximum atomic E-state index is 11.1. The van der Waals surface area contributed by atoms with Gasteiger partial charge in [0.25, 0.3) is 0 Å². The first kappa shape index (κ1) is 15.9. The van der Waals surface area contributed by atoms with E-state index in [4.69, 9.17) is 9.84 Å². The lowest BCUT2D eigenvalue weighted by Gasteiger charge is -2.16. The van der Waals surface area contributed by atoms with Crippen molar-refractivity contribution < 1.29 is 19.7 Å². The van der Waals surface area contributed by atoms with Gasteiger partial charge in [-0.3, -0.25) is 0 Å². The van der Waals surface area contributed by atoms with Gasteiger partial charge in [0.05, 0.1) is 7.11 Å². The highest BCUT2D eigenvalue weighted by molar-refractivity contribution is 6.02. The van der Waals surface area contributed by atoms with E-state index in [0.717, 1.165) is 10.9 Å². The second-order valence-corrected chi connectivity index (χ2v) is 5.57. The summed E-state index contributed by atoms with van der Waals surface area (Å²) < 4.78 is 5.24. The molecule has 0 unspecified atom stereocenters. The molecule has 2 aromatic carbocycles. The number of hydrogen-bond donors (Lipinski definition) is 2. The lowest BCUT2D eigenvalue weighted by atomic mass is 9.92. The molecular weight excluding hydrogens is 280 g/mol. The molecule has 0 spiro atoms. The van der Waals surface area contributed by atoms with Crippen molar-refractivity contribution in [2.75, 3.05) is 7.11 Å². The third kappa shape index (κ3) is 2.77. The van der Waals surface area contributed by atoms with Gasteiger partial charge in [-0.1, -0.05) is 32.0 Å². The number of hydrogen-bond acceptors (Lipinski definition) is 3. The maximum Gasteiger partial charge on any atom is 0.331 e. The number of benzene rings is 2. The molecule has 0 radical (unpaired) electrons. The average molecular weight is 300 g/mol. The lowest BCUT2D eigenvalue weighted by molar-refractivity contribution is -0.132. The van der Waals surface area contributed by atoms with E-state index in [-0.39, 0.29) is 17.2 Å². The van der Waals surface area contributed by atoms with Crippen LogP contribution < -0.4 is 4.74 Å². The van der Waals surface area contributed by atoms with Gasteiger partial charge in [0.1, 0.15) is 0 Å². The number of aliphatic carboxylic acids is 1. The molecule has 0 aliphatic heterocycles. The number of carbonyl (C=O) groups is 1. The van der Waals surface area contributed by atoms with E-state index in [2.05, 4.69) is 0 Å². The molecule has 4 heteroatoms. The number of carboxylic acids is 1. The Morgan fingerprint density at radius 3 is 2.55 bits per heavy atom. The fraction of sp³-hybridized carbons (Fsp3) is 0.278. The van der Waals surface area contributed by atoms with Crippen LogP contribution in [0.5, 0.6) is 11.5 Å². The Balaban J connectivity index is 2.89. The van der Waals surface area contributed by atoms with E-state index in [9.17, 15) is 9.90 Å². The molecule has 2 rings (SSSR count). The van der Waals surface area contributed by atoms with E-state index in [1.54, 1.807) is 19.1 Å². The Morgan fingerprint density at radius 2 is 2.00 bits per heavy atom. The number of aromatic hydroxyl groups is 1. The molecule has 0 aliphatic carbocycles. The normalized spacial score (nSPS) is 12.0. The van der Waals surface area contributed by atoms with Gasteiger partial charge in [0.2, 0.25) is 0 Å². The third-order valence-electron chi connectivity index (χ3n) is 3.72. The zero-order chi connectivity index (χ0) is 16.4. The summed E-state index contributed by atoms with van der Waals surface area (Å²) in [6, 6.07) is 7.41. The summed E-state index contributed by atoms with van der Waals surface area (Å²) >= 11 is 0. The van der Waals surface area contributed by atoms with Crippen LogP contribution in [-0.2, 0) is 4.79 Å². The van der Waals surface area contributed by atoms with Gasteiger partial charge in [0, 0.05) is 11.0 Å². The zero-order valence-corrected chi connectivity index (χ0v) is 13.2. The Morgan fingerprint density at radius 1 is 1.32 bits per heavy atom. The summed E-state index contributed by atoms with van der Waals surface area (Å²) in [6.07, 6.45) is 1.59. The monoisotopic (exact) mass is 300 g/mol. The molecule has 0 saturated carbocycles. The Hall–Kier alpha value is -2.49. The van der Waals surface area contributed by atoms with Crippen molar-refractivity contribution in [2.45, 2.75) is 26.7 Å². The summed E-state index contributed by atoms with van der Waals surface area (Å²) in [5, 5.41) is 21.1. The molecule has 0 fully saturated rings. The topological polar surface area (TPSA) is 66.8 Å². The van der Waals surface area contributed by atoms with Crippen molar-refractivity contribution in [1.29, 1.82) is 0 Å². The van der Waals surface area contributed by atoms with Gasteiger partial charge < -0.3 is 14.9 Å². The van der Waals surface area contributed by atoms with Crippen molar-refractivity contribution in [1.82, 2.24) is 0 Å². The van der Waals surface area contributed by atoms with Crippen LogP contribution in [0.25, 0.3) is 16.8 Å². The first-order valence-corrected chi connectivity index (χ1v) is 7.11. The summed E-state index contributed by atoms with van der Waals surface area (Å²) in [5.74, 6) is -0.323. The van der Waals surface area contributed by atoms with Crippen molar-refractivity contribution in [3.05, 3.63) is 41.0 Å². The summed E-state index contributed by atoms with van der Waals surface area (Å²) in [7, 11) is 1.48. The van der Waals surface area contributed by atoms with Gasteiger partial charge in [-0.05, 0) is 41.5 Å². The molecule has 22 heavy (non-hydrogen) atoms. The van der Waals surface area contributed by atoms with Crippen LogP contribution in [0, 0.1) is 0 Å². The standard InChI is InChI=1S/C18H20O4/c1-10(2)13-6-5-7-14-12(8-11(3)18(20)21)9-15(22-4)17(19)16(13)14/h5-10,19H,1-4H3,(H,20,21). The largest absolute Gasteiger partial charge is 0.504 e. The molecule has 0 aromatic heterocycles. The molecule has 0 heterocycles. The van der Waals surface area contributed by atoms with Gasteiger partial charge >= 0.3 is 5.97 Å². The summed E-state index contributed by atoms with van der Waals surface area (Å²) in [5.41, 5.74) is 1.94. The fourth-order valence-electron chi connectivity index (χ4n) is 2.54. The lowest BCUT2D eigenvalue weighted by Crippen LogP contribution is -1.97. The molecule has 4 nitrogen and oxygen atoms in total. The number of rotatable bonds is 4. The Bertz CT molecular complexity index is 757. The molecular formula is C18H20O4. The molecule has 0 saturated heterocycles. The average Bonchev–Trinajstić information content (AvgIpc) is 2.48. The van der Waals surface area contributed by atoms with Crippen LogP contribution in [0.3, 0.4) is 0 Å². The van der Waals surface area contributed by atoms with E-state index < -0.39 is 5.97 Å². The van der Waals surface area contributed by atoms with E-state index in [1.807, 2.05) is 32.0 Å². The van der Waals surface area contributed by atoms with Crippen molar-refractivity contribution >= 4 is 22.8 Å². The third-order valence-corrected chi connectivity index (χ3v) is 3.72. The molecule has 0 aliphatic rings. The van der Waals surface area contributed by atoms with Crippen molar-refractivity contribution in [3.8, 4) is 11.5 Å². The molecule has 116 valence electrons. The molecule has 0 atom stereocenters. The van der Waals surface area contributed by atoms with Crippen molar-refractivity contribution in [3.63, 3.8) is 0 Å². The van der Waals surface area contributed by atoms with Gasteiger partial charge in [-0.25, -0.2) is 4.79 Å². The second kappa shape index (κ2) is 6.10. The highest BCUT2D eigenvalue weighted by atomic mass is 16.5. The number of phenols is 1. The predicted octanol–water partition coefficient (Wildman–Crippen LogP) is 4.17. The highest BCUT2D eigenvalue weighted by Gasteiger charge is 2.16. The smallest absolute Gasteiger partial charge is 0.331 e. The van der Waals surface area contributed by atoms with Crippen LogP contribution in [0.2, 0.25) is 0 Å². The SMILES string of the molecule is COc1cc(C=C(C)C(=O)O)c2cccc(C(C)C)c2c1O.